The van der Waals surface area contributed by atoms with Gasteiger partial charge >= 0.3 is 0 Å². The van der Waals surface area contributed by atoms with E-state index in [4.69, 9.17) is 16.2 Å². The van der Waals surface area contributed by atoms with Crippen LogP contribution in [0.25, 0.3) is 0 Å². The monoisotopic (exact) mass is 339 g/mol. The molecular formula is C17H17N5OS. The van der Waals surface area contributed by atoms with Crippen molar-refractivity contribution < 1.29 is 4.74 Å². The summed E-state index contributed by atoms with van der Waals surface area (Å²) in [5.74, 6) is 3.87. The molecule has 0 amide bonds. The predicted molar refractivity (Wildman–Crippen MR) is 96.6 cm³/mol. The summed E-state index contributed by atoms with van der Waals surface area (Å²) in [7, 11) is 0. The summed E-state index contributed by atoms with van der Waals surface area (Å²) in [6.45, 7) is 0. The van der Waals surface area contributed by atoms with Crippen molar-refractivity contribution in [1.82, 2.24) is 15.0 Å². The summed E-state index contributed by atoms with van der Waals surface area (Å²) < 4.78 is 5.96. The van der Waals surface area contributed by atoms with Crippen LogP contribution in [0.5, 0.6) is 11.5 Å². The van der Waals surface area contributed by atoms with Crippen molar-refractivity contribution in [1.29, 1.82) is 0 Å². The molecule has 122 valence electrons. The molecule has 24 heavy (non-hydrogen) atoms. The van der Waals surface area contributed by atoms with Crippen LogP contribution in [0, 0.1) is 0 Å². The van der Waals surface area contributed by atoms with Gasteiger partial charge in [0.2, 0.25) is 11.9 Å². The Balaban J connectivity index is 1.65. The van der Waals surface area contributed by atoms with E-state index in [1.165, 1.54) is 0 Å². The average Bonchev–Trinajstić information content (AvgIpc) is 2.56. The fourth-order valence-corrected chi connectivity index (χ4v) is 2.98. The smallest absolute Gasteiger partial charge is 0.225 e. The number of thioether (sulfide) groups is 1. The Labute approximate surface area is 144 Å². The zero-order valence-corrected chi connectivity index (χ0v) is 13.7. The van der Waals surface area contributed by atoms with E-state index >= 15 is 0 Å². The molecule has 0 aliphatic rings. The molecule has 3 aromatic rings. The largest absolute Gasteiger partial charge is 0.457 e. The van der Waals surface area contributed by atoms with Gasteiger partial charge in [-0.3, -0.25) is 0 Å². The van der Waals surface area contributed by atoms with Crippen molar-refractivity contribution in [2.45, 2.75) is 11.5 Å². The van der Waals surface area contributed by atoms with Crippen LogP contribution in [0.1, 0.15) is 11.4 Å². The number of aromatic nitrogens is 3. The highest BCUT2D eigenvalue weighted by Crippen LogP contribution is 2.28. The molecule has 1 heterocycles. The maximum absolute atomic E-state index is 5.96. The lowest BCUT2D eigenvalue weighted by atomic mass is 10.2. The Kier molecular flexibility index (Phi) is 5.12. The van der Waals surface area contributed by atoms with E-state index in [9.17, 15) is 0 Å². The third-order valence-corrected chi connectivity index (χ3v) is 4.13. The molecule has 0 spiro atoms. The molecule has 0 fully saturated rings. The Morgan fingerprint density at radius 2 is 1.46 bits per heavy atom. The first-order chi connectivity index (χ1) is 11.7. The third kappa shape index (κ3) is 4.36. The van der Waals surface area contributed by atoms with E-state index in [1.54, 1.807) is 11.8 Å². The van der Waals surface area contributed by atoms with Gasteiger partial charge in [-0.05, 0) is 18.2 Å². The standard InChI is InChI=1S/C17H17N5OS/c18-16-20-15(21-17(19)22-16)11-24-10-12-6-4-5-9-14(12)23-13-7-2-1-3-8-13/h1-9H,10-11H2,(H4,18,19,20,21,22). The number of hydrogen-bond acceptors (Lipinski definition) is 7. The number of nitrogens with zero attached hydrogens (tertiary/aromatic N) is 3. The van der Waals surface area contributed by atoms with Crippen LogP contribution in [0.4, 0.5) is 11.9 Å². The summed E-state index contributed by atoms with van der Waals surface area (Å²) >= 11 is 1.66. The van der Waals surface area contributed by atoms with Crippen LogP contribution in [-0.2, 0) is 11.5 Å². The average molecular weight is 339 g/mol. The highest BCUT2D eigenvalue weighted by molar-refractivity contribution is 7.97. The van der Waals surface area contributed by atoms with Gasteiger partial charge in [0.15, 0.2) is 0 Å². The lowest BCUT2D eigenvalue weighted by Gasteiger charge is -2.11. The van der Waals surface area contributed by atoms with Gasteiger partial charge in [0.1, 0.15) is 17.3 Å². The summed E-state index contributed by atoms with van der Waals surface area (Å²) in [6.07, 6.45) is 0. The molecular weight excluding hydrogens is 322 g/mol. The van der Waals surface area contributed by atoms with Gasteiger partial charge in [-0.2, -0.15) is 15.0 Å². The second-order valence-electron chi connectivity index (χ2n) is 4.98. The van der Waals surface area contributed by atoms with Crippen molar-refractivity contribution in [2.75, 3.05) is 11.5 Å². The lowest BCUT2D eigenvalue weighted by Crippen LogP contribution is -2.06. The number of nitrogen functional groups attached to an aromatic ring is 2. The normalized spacial score (nSPS) is 10.5. The SMILES string of the molecule is Nc1nc(N)nc(CSCc2ccccc2Oc2ccccc2)n1. The third-order valence-electron chi connectivity index (χ3n) is 3.15. The molecule has 1 aromatic heterocycles. The molecule has 3 rings (SSSR count). The van der Waals surface area contributed by atoms with E-state index in [1.807, 2.05) is 54.6 Å². The van der Waals surface area contributed by atoms with E-state index in [0.29, 0.717) is 11.6 Å². The van der Waals surface area contributed by atoms with Gasteiger partial charge in [0.05, 0.1) is 5.75 Å². The van der Waals surface area contributed by atoms with Crippen LogP contribution in [0.15, 0.2) is 54.6 Å². The van der Waals surface area contributed by atoms with Gasteiger partial charge in [-0.1, -0.05) is 36.4 Å². The molecule has 4 N–H and O–H groups in total. The fourth-order valence-electron chi connectivity index (χ4n) is 2.11. The van der Waals surface area contributed by atoms with Crippen molar-refractivity contribution in [3.63, 3.8) is 0 Å². The summed E-state index contributed by atoms with van der Waals surface area (Å²) in [5.41, 5.74) is 12.3. The van der Waals surface area contributed by atoms with Gasteiger partial charge < -0.3 is 16.2 Å². The second kappa shape index (κ2) is 7.65. The van der Waals surface area contributed by atoms with Crippen molar-refractivity contribution in [3.05, 3.63) is 66.0 Å². The molecule has 7 heteroatoms. The first-order valence-electron chi connectivity index (χ1n) is 7.35. The minimum atomic E-state index is 0.144. The first kappa shape index (κ1) is 16.1. The number of nitrogens with two attached hydrogens (primary N) is 2. The highest BCUT2D eigenvalue weighted by Gasteiger charge is 2.07. The number of benzene rings is 2. The number of rotatable bonds is 6. The molecule has 0 saturated heterocycles. The topological polar surface area (TPSA) is 99.9 Å². The Morgan fingerprint density at radius 3 is 2.21 bits per heavy atom. The highest BCUT2D eigenvalue weighted by atomic mass is 32.2. The minimum absolute atomic E-state index is 0.144. The Morgan fingerprint density at radius 1 is 0.792 bits per heavy atom. The zero-order valence-electron chi connectivity index (χ0n) is 12.9. The number of ether oxygens (including phenoxy) is 1. The van der Waals surface area contributed by atoms with Crippen molar-refractivity contribution in [2.24, 2.45) is 0 Å². The van der Waals surface area contributed by atoms with Crippen LogP contribution in [-0.4, -0.2) is 15.0 Å². The summed E-state index contributed by atoms with van der Waals surface area (Å²) in [6, 6.07) is 17.7. The van der Waals surface area contributed by atoms with Crippen molar-refractivity contribution in [3.8, 4) is 11.5 Å². The van der Waals surface area contributed by atoms with Gasteiger partial charge in [-0.25, -0.2) is 0 Å². The molecule has 2 aromatic carbocycles. The number of para-hydroxylation sites is 2. The number of hydrogen-bond donors (Lipinski definition) is 2. The maximum atomic E-state index is 5.96. The molecule has 0 aliphatic heterocycles. The van der Waals surface area contributed by atoms with Crippen LogP contribution in [0.2, 0.25) is 0 Å². The van der Waals surface area contributed by atoms with E-state index < -0.39 is 0 Å². The van der Waals surface area contributed by atoms with Crippen LogP contribution in [0.3, 0.4) is 0 Å². The molecule has 0 unspecified atom stereocenters. The molecule has 0 saturated carbocycles. The quantitative estimate of drug-likeness (QED) is 0.711. The molecule has 0 radical (unpaired) electrons. The zero-order chi connectivity index (χ0) is 16.8. The molecule has 6 nitrogen and oxygen atoms in total. The van der Waals surface area contributed by atoms with Crippen molar-refractivity contribution >= 4 is 23.7 Å². The molecule has 0 aliphatic carbocycles. The summed E-state index contributed by atoms with van der Waals surface area (Å²) in [5, 5.41) is 0. The maximum Gasteiger partial charge on any atom is 0.225 e. The van der Waals surface area contributed by atoms with Gasteiger partial charge in [0.25, 0.3) is 0 Å². The fraction of sp³-hybridized carbons (Fsp3) is 0.118. The van der Waals surface area contributed by atoms with Crippen LogP contribution >= 0.6 is 11.8 Å². The molecule has 0 bridgehead atoms. The van der Waals surface area contributed by atoms with Gasteiger partial charge in [0, 0.05) is 11.3 Å². The first-order valence-corrected chi connectivity index (χ1v) is 8.50. The van der Waals surface area contributed by atoms with E-state index in [2.05, 4.69) is 15.0 Å². The number of anilines is 2. The van der Waals surface area contributed by atoms with E-state index in [0.717, 1.165) is 22.8 Å². The second-order valence-corrected chi connectivity index (χ2v) is 5.97. The predicted octanol–water partition coefficient (Wildman–Crippen LogP) is 3.26. The minimum Gasteiger partial charge on any atom is -0.457 e. The lowest BCUT2D eigenvalue weighted by molar-refractivity contribution is 0.478. The molecule has 0 atom stereocenters. The summed E-state index contributed by atoms with van der Waals surface area (Å²) in [4.78, 5) is 11.9. The van der Waals surface area contributed by atoms with E-state index in [-0.39, 0.29) is 11.9 Å². The van der Waals surface area contributed by atoms with Crippen LogP contribution < -0.4 is 16.2 Å². The Bertz CT molecular complexity index is 793. The Hall–Kier alpha value is -2.80. The van der Waals surface area contributed by atoms with Gasteiger partial charge in [-0.15, -0.1) is 11.8 Å².